The fraction of sp³-hybridized carbons (Fsp3) is 0.556. The number of hydrogen-bond acceptors (Lipinski definition) is 5. The molecule has 1 aliphatic heterocycles. The fourth-order valence-corrected chi connectivity index (χ4v) is 3.77. The van der Waals surface area contributed by atoms with Gasteiger partial charge in [0.05, 0.1) is 18.3 Å². The second-order valence-electron chi connectivity index (χ2n) is 6.69. The molecule has 2 aromatic rings. The van der Waals surface area contributed by atoms with E-state index in [1.54, 1.807) is 19.6 Å². The number of H-pyrrole nitrogens is 1. The Morgan fingerprint density at radius 2 is 2.04 bits per heavy atom. The molecule has 0 unspecified atom stereocenters. The molecule has 0 aromatic carbocycles. The third kappa shape index (κ3) is 3.56. The molecule has 0 atom stereocenters. The molecule has 7 heteroatoms. The minimum Gasteiger partial charge on any atom is -0.355 e. The summed E-state index contributed by atoms with van der Waals surface area (Å²) in [6.45, 7) is 7.49. The summed E-state index contributed by atoms with van der Waals surface area (Å²) >= 11 is 0. The first kappa shape index (κ1) is 17.5. The van der Waals surface area contributed by atoms with E-state index in [2.05, 4.69) is 20.0 Å². The summed E-state index contributed by atoms with van der Waals surface area (Å²) in [5.41, 5.74) is 2.92. The number of aromatic nitrogens is 4. The smallest absolute Gasteiger partial charge is 0.193 e. The lowest BCUT2D eigenvalue weighted by Crippen LogP contribution is -2.38. The lowest BCUT2D eigenvalue weighted by Gasteiger charge is -2.31. The average Bonchev–Trinajstić information content (AvgIpc) is 3.22. The van der Waals surface area contributed by atoms with Gasteiger partial charge < -0.3 is 4.98 Å². The summed E-state index contributed by atoms with van der Waals surface area (Å²) in [6.07, 6.45) is 5.90. The van der Waals surface area contributed by atoms with Gasteiger partial charge in [0.2, 0.25) is 0 Å². The Hall–Kier alpha value is -2.28. The van der Waals surface area contributed by atoms with Crippen molar-refractivity contribution in [3.63, 3.8) is 0 Å². The minimum atomic E-state index is 0.0123. The lowest BCUT2D eigenvalue weighted by atomic mass is 10.0. The van der Waals surface area contributed by atoms with Crippen molar-refractivity contribution in [3.05, 3.63) is 35.2 Å². The van der Waals surface area contributed by atoms with Crippen LogP contribution in [-0.4, -0.2) is 55.8 Å². The molecule has 0 saturated carbocycles. The molecule has 2 aromatic heterocycles. The molecule has 3 rings (SSSR count). The van der Waals surface area contributed by atoms with Crippen molar-refractivity contribution in [1.29, 1.82) is 0 Å². The molecule has 1 N–H and O–H groups in total. The first-order valence-corrected chi connectivity index (χ1v) is 8.83. The van der Waals surface area contributed by atoms with Gasteiger partial charge in [0, 0.05) is 24.3 Å². The molecule has 1 fully saturated rings. The zero-order valence-corrected chi connectivity index (χ0v) is 15.1. The Kier molecular flexibility index (Phi) is 5.13. The zero-order valence-electron chi connectivity index (χ0n) is 15.1. The largest absolute Gasteiger partial charge is 0.355 e. The van der Waals surface area contributed by atoms with E-state index in [0.717, 1.165) is 37.2 Å². The Morgan fingerprint density at radius 3 is 2.60 bits per heavy atom. The van der Waals surface area contributed by atoms with E-state index in [1.165, 1.54) is 0 Å². The van der Waals surface area contributed by atoms with Crippen molar-refractivity contribution in [2.45, 2.75) is 46.1 Å². The van der Waals surface area contributed by atoms with Crippen LogP contribution in [0.3, 0.4) is 0 Å². The summed E-state index contributed by atoms with van der Waals surface area (Å²) < 4.78 is 1.90. The van der Waals surface area contributed by atoms with E-state index in [9.17, 15) is 9.59 Å². The van der Waals surface area contributed by atoms with Crippen molar-refractivity contribution in [2.24, 2.45) is 0 Å². The summed E-state index contributed by atoms with van der Waals surface area (Å²) in [5, 5.41) is 4.21. The predicted octanol–water partition coefficient (Wildman–Crippen LogP) is 2.20. The van der Waals surface area contributed by atoms with Crippen LogP contribution in [0.4, 0.5) is 0 Å². The molecule has 134 valence electrons. The number of rotatable bonds is 6. The van der Waals surface area contributed by atoms with Gasteiger partial charge >= 0.3 is 0 Å². The first-order chi connectivity index (χ1) is 12.0. The number of nitrogens with one attached hydrogen (secondary N) is 1. The van der Waals surface area contributed by atoms with Crippen LogP contribution >= 0.6 is 0 Å². The molecule has 0 amide bonds. The maximum absolute atomic E-state index is 12.8. The van der Waals surface area contributed by atoms with Crippen molar-refractivity contribution in [1.82, 2.24) is 24.6 Å². The van der Waals surface area contributed by atoms with Crippen molar-refractivity contribution in [2.75, 3.05) is 19.6 Å². The number of carbonyl (C=O) groups is 2. The van der Waals surface area contributed by atoms with E-state index in [4.69, 9.17) is 0 Å². The number of hydrogen-bond donors (Lipinski definition) is 1. The van der Waals surface area contributed by atoms with Crippen LogP contribution in [0, 0.1) is 6.92 Å². The molecule has 7 nitrogen and oxygen atoms in total. The molecule has 3 heterocycles. The van der Waals surface area contributed by atoms with Crippen LogP contribution in [0.25, 0.3) is 0 Å². The Labute approximate surface area is 147 Å². The van der Waals surface area contributed by atoms with Gasteiger partial charge in [-0.3, -0.25) is 14.5 Å². The number of nitrogens with zero attached hydrogens (tertiary/aromatic N) is 4. The maximum Gasteiger partial charge on any atom is 0.193 e. The SMILES string of the molecule is CCc1c(C(=O)CN2CCC(n3cncn3)CC2)[nH]c(C)c1C(C)=O. The highest BCUT2D eigenvalue weighted by Crippen LogP contribution is 2.23. The normalized spacial score (nSPS) is 16.3. The topological polar surface area (TPSA) is 83.9 Å². The highest BCUT2D eigenvalue weighted by atomic mass is 16.1. The second kappa shape index (κ2) is 7.31. The van der Waals surface area contributed by atoms with Crippen LogP contribution in [0.5, 0.6) is 0 Å². The number of carbonyl (C=O) groups excluding carboxylic acids is 2. The quantitative estimate of drug-likeness (QED) is 0.813. The van der Waals surface area contributed by atoms with Gasteiger partial charge in [-0.1, -0.05) is 6.92 Å². The van der Waals surface area contributed by atoms with Crippen molar-refractivity contribution >= 4 is 11.6 Å². The predicted molar refractivity (Wildman–Crippen MR) is 94.0 cm³/mol. The molecular weight excluding hydrogens is 318 g/mol. The van der Waals surface area contributed by atoms with Gasteiger partial charge in [-0.15, -0.1) is 0 Å². The fourth-order valence-electron chi connectivity index (χ4n) is 3.77. The molecule has 1 aliphatic rings. The molecule has 0 radical (unpaired) electrons. The van der Waals surface area contributed by atoms with E-state index in [1.807, 2.05) is 18.5 Å². The number of likely N-dealkylation sites (tertiary alicyclic amines) is 1. The van der Waals surface area contributed by atoms with Gasteiger partial charge in [0.25, 0.3) is 0 Å². The molecule has 1 saturated heterocycles. The summed E-state index contributed by atoms with van der Waals surface area (Å²) in [5.74, 6) is 0.0740. The van der Waals surface area contributed by atoms with Crippen LogP contribution in [0.15, 0.2) is 12.7 Å². The standard InChI is InChI=1S/C18H25N5O2/c1-4-15-17(13(3)24)12(2)21-18(15)16(25)9-22-7-5-14(6-8-22)23-11-19-10-20-23/h10-11,14,21H,4-9H2,1-3H3. The molecule has 0 bridgehead atoms. The van der Waals surface area contributed by atoms with E-state index < -0.39 is 0 Å². The van der Waals surface area contributed by atoms with Crippen LogP contribution < -0.4 is 0 Å². The third-order valence-corrected chi connectivity index (χ3v) is 5.01. The number of piperidine rings is 1. The van der Waals surface area contributed by atoms with Crippen molar-refractivity contribution in [3.8, 4) is 0 Å². The molecule has 0 spiro atoms. The lowest BCUT2D eigenvalue weighted by molar-refractivity contribution is 0.0889. The van der Waals surface area contributed by atoms with E-state index in [0.29, 0.717) is 30.3 Å². The number of aryl methyl sites for hydroxylation is 1. The third-order valence-electron chi connectivity index (χ3n) is 5.01. The van der Waals surface area contributed by atoms with Crippen LogP contribution in [0.2, 0.25) is 0 Å². The molecular formula is C18H25N5O2. The Morgan fingerprint density at radius 1 is 1.32 bits per heavy atom. The van der Waals surface area contributed by atoms with Gasteiger partial charge in [-0.2, -0.15) is 5.10 Å². The minimum absolute atomic E-state index is 0.0123. The van der Waals surface area contributed by atoms with Gasteiger partial charge in [0.1, 0.15) is 12.7 Å². The van der Waals surface area contributed by atoms with Gasteiger partial charge in [-0.25, -0.2) is 9.67 Å². The number of ketones is 2. The molecule has 25 heavy (non-hydrogen) atoms. The van der Waals surface area contributed by atoms with Crippen molar-refractivity contribution < 1.29 is 9.59 Å². The highest BCUT2D eigenvalue weighted by Gasteiger charge is 2.26. The van der Waals surface area contributed by atoms with Gasteiger partial charge in [0.15, 0.2) is 11.6 Å². The second-order valence-corrected chi connectivity index (χ2v) is 6.69. The van der Waals surface area contributed by atoms with Gasteiger partial charge in [-0.05, 0) is 38.7 Å². The Bertz CT molecular complexity index is 755. The van der Waals surface area contributed by atoms with E-state index in [-0.39, 0.29) is 11.6 Å². The summed E-state index contributed by atoms with van der Waals surface area (Å²) in [6, 6.07) is 0.358. The molecule has 0 aliphatic carbocycles. The van der Waals surface area contributed by atoms with Crippen LogP contribution in [-0.2, 0) is 6.42 Å². The summed E-state index contributed by atoms with van der Waals surface area (Å²) in [7, 11) is 0. The summed E-state index contributed by atoms with van der Waals surface area (Å²) in [4.78, 5) is 34.0. The maximum atomic E-state index is 12.8. The number of Topliss-reactive ketones (excluding diaryl/α,β-unsaturated/α-hetero) is 2. The highest BCUT2D eigenvalue weighted by molar-refractivity contribution is 6.04. The monoisotopic (exact) mass is 343 g/mol. The first-order valence-electron chi connectivity index (χ1n) is 8.83. The van der Waals surface area contributed by atoms with E-state index >= 15 is 0 Å². The number of aromatic amines is 1. The van der Waals surface area contributed by atoms with Crippen LogP contribution in [0.1, 0.15) is 64.8 Å². The zero-order chi connectivity index (χ0) is 18.0. The average molecular weight is 343 g/mol. The Balaban J connectivity index is 1.66.